The van der Waals surface area contributed by atoms with E-state index in [9.17, 15) is 0 Å². The van der Waals surface area contributed by atoms with E-state index in [0.717, 1.165) is 34.0 Å². The Labute approximate surface area is 176 Å². The van der Waals surface area contributed by atoms with Gasteiger partial charge in [0.1, 0.15) is 5.75 Å². The lowest BCUT2D eigenvalue weighted by atomic mass is 10.0. The highest BCUT2D eigenvalue weighted by Crippen LogP contribution is 2.30. The van der Waals surface area contributed by atoms with E-state index in [1.165, 1.54) is 0 Å². The topological polar surface area (TPSA) is 56.1 Å². The predicted molar refractivity (Wildman–Crippen MR) is 117 cm³/mol. The first-order valence-electron chi connectivity index (χ1n) is 9.90. The number of ether oxygens (including phenoxy) is 1. The molecule has 0 saturated heterocycles. The van der Waals surface area contributed by atoms with Crippen molar-refractivity contribution in [3.63, 3.8) is 0 Å². The van der Waals surface area contributed by atoms with E-state index in [2.05, 4.69) is 58.7 Å². The maximum Gasteiger partial charge on any atom is 0.178 e. The third-order valence-corrected chi connectivity index (χ3v) is 5.25. The zero-order valence-corrected chi connectivity index (χ0v) is 17.4. The molecule has 4 rings (SSSR count). The summed E-state index contributed by atoms with van der Waals surface area (Å²) in [7, 11) is 3.78. The van der Waals surface area contributed by atoms with Gasteiger partial charge in [-0.05, 0) is 47.7 Å². The lowest BCUT2D eigenvalue weighted by Gasteiger charge is -2.28. The molecule has 0 N–H and O–H groups in total. The van der Waals surface area contributed by atoms with Crippen molar-refractivity contribution in [3.05, 3.63) is 101 Å². The number of hydrogen-bond donors (Lipinski definition) is 0. The predicted octanol–water partition coefficient (Wildman–Crippen LogP) is 4.20. The Morgan fingerprint density at radius 3 is 2.40 bits per heavy atom. The number of aryl methyl sites for hydroxylation is 1. The number of tetrazole rings is 1. The first-order valence-corrected chi connectivity index (χ1v) is 9.90. The maximum absolute atomic E-state index is 5.56. The number of hydrogen-bond acceptors (Lipinski definition) is 5. The van der Waals surface area contributed by atoms with Crippen molar-refractivity contribution in [3.8, 4) is 11.4 Å². The Hall–Kier alpha value is -3.51. The zero-order chi connectivity index (χ0) is 20.9. The summed E-state index contributed by atoms with van der Waals surface area (Å²) < 4.78 is 7.40. The molecule has 6 heteroatoms. The average Bonchev–Trinajstić information content (AvgIpc) is 3.24. The van der Waals surface area contributed by atoms with Crippen LogP contribution in [0.3, 0.4) is 0 Å². The van der Waals surface area contributed by atoms with Gasteiger partial charge in [-0.1, -0.05) is 66.7 Å². The number of nitrogens with zero attached hydrogens (tertiary/aromatic N) is 5. The summed E-state index contributed by atoms with van der Waals surface area (Å²) in [4.78, 5) is 2.24. The van der Waals surface area contributed by atoms with Crippen molar-refractivity contribution >= 4 is 0 Å². The Morgan fingerprint density at radius 2 is 1.63 bits per heavy atom. The molecule has 1 aromatic heterocycles. The van der Waals surface area contributed by atoms with Gasteiger partial charge in [-0.2, -0.15) is 4.68 Å². The molecule has 4 aromatic rings. The Balaban J connectivity index is 1.78. The zero-order valence-electron chi connectivity index (χ0n) is 17.4. The molecule has 0 bridgehead atoms. The van der Waals surface area contributed by atoms with Crippen LogP contribution in [0.2, 0.25) is 0 Å². The molecule has 0 aliphatic carbocycles. The number of para-hydroxylation sites is 2. The van der Waals surface area contributed by atoms with E-state index in [1.807, 2.05) is 59.3 Å². The van der Waals surface area contributed by atoms with Crippen molar-refractivity contribution < 1.29 is 4.74 Å². The van der Waals surface area contributed by atoms with Crippen LogP contribution in [0, 0.1) is 6.92 Å². The fraction of sp³-hybridized carbons (Fsp3) is 0.208. The molecule has 152 valence electrons. The van der Waals surface area contributed by atoms with Crippen molar-refractivity contribution in [2.75, 3.05) is 14.2 Å². The van der Waals surface area contributed by atoms with Gasteiger partial charge in [0.2, 0.25) is 0 Å². The molecule has 1 heterocycles. The van der Waals surface area contributed by atoms with Gasteiger partial charge in [-0.15, -0.1) is 5.10 Å². The summed E-state index contributed by atoms with van der Waals surface area (Å²) in [6.45, 7) is 2.75. The average molecular weight is 399 g/mol. The third kappa shape index (κ3) is 3.95. The summed E-state index contributed by atoms with van der Waals surface area (Å²) in [5.41, 5.74) is 4.33. The van der Waals surface area contributed by atoms with Crippen molar-refractivity contribution in [1.82, 2.24) is 25.1 Å². The van der Waals surface area contributed by atoms with Crippen LogP contribution < -0.4 is 4.74 Å². The van der Waals surface area contributed by atoms with Crippen LogP contribution >= 0.6 is 0 Å². The Kier molecular flexibility index (Phi) is 5.86. The third-order valence-electron chi connectivity index (χ3n) is 5.25. The lowest BCUT2D eigenvalue weighted by Crippen LogP contribution is -2.28. The van der Waals surface area contributed by atoms with Crippen LogP contribution in [0.1, 0.15) is 28.6 Å². The molecule has 6 nitrogen and oxygen atoms in total. The smallest absolute Gasteiger partial charge is 0.178 e. The standard InChI is InChI=1S/C24H25N5O/c1-18-11-7-9-15-21(18)29-24(25-26-27-29)23(19-12-5-4-6-13-19)28(2)17-20-14-8-10-16-22(20)30-3/h4-16,23H,17H2,1-3H3. The molecule has 1 atom stereocenters. The molecule has 0 amide bonds. The highest BCUT2D eigenvalue weighted by molar-refractivity contribution is 5.41. The fourth-order valence-electron chi connectivity index (χ4n) is 3.77. The highest BCUT2D eigenvalue weighted by Gasteiger charge is 2.27. The minimum absolute atomic E-state index is 0.134. The molecule has 1 unspecified atom stereocenters. The van der Waals surface area contributed by atoms with Crippen molar-refractivity contribution in [1.29, 1.82) is 0 Å². The second kappa shape index (κ2) is 8.88. The van der Waals surface area contributed by atoms with Crippen LogP contribution in [0.15, 0.2) is 78.9 Å². The molecule has 3 aromatic carbocycles. The summed E-state index contributed by atoms with van der Waals surface area (Å²) >= 11 is 0. The maximum atomic E-state index is 5.56. The fourth-order valence-corrected chi connectivity index (χ4v) is 3.77. The van der Waals surface area contributed by atoms with Crippen LogP contribution in [0.5, 0.6) is 5.75 Å². The second-order valence-corrected chi connectivity index (χ2v) is 7.28. The van der Waals surface area contributed by atoms with Gasteiger partial charge in [0.05, 0.1) is 18.8 Å². The molecular formula is C24H25N5O. The van der Waals surface area contributed by atoms with Gasteiger partial charge in [0.25, 0.3) is 0 Å². The molecule has 0 radical (unpaired) electrons. The van der Waals surface area contributed by atoms with Crippen LogP contribution in [-0.2, 0) is 6.54 Å². The molecule has 0 aliphatic heterocycles. The van der Waals surface area contributed by atoms with Crippen LogP contribution in [0.4, 0.5) is 0 Å². The lowest BCUT2D eigenvalue weighted by molar-refractivity contribution is 0.254. The Bertz CT molecular complexity index is 1110. The Morgan fingerprint density at radius 1 is 0.933 bits per heavy atom. The first-order chi connectivity index (χ1) is 14.7. The number of benzene rings is 3. The van der Waals surface area contributed by atoms with E-state index >= 15 is 0 Å². The summed E-state index contributed by atoms with van der Waals surface area (Å²) in [6.07, 6.45) is 0. The van der Waals surface area contributed by atoms with Gasteiger partial charge in [0, 0.05) is 12.1 Å². The minimum atomic E-state index is -0.134. The van der Waals surface area contributed by atoms with E-state index < -0.39 is 0 Å². The molecule has 0 saturated carbocycles. The van der Waals surface area contributed by atoms with Gasteiger partial charge in [-0.25, -0.2) is 0 Å². The van der Waals surface area contributed by atoms with Crippen LogP contribution in [-0.4, -0.2) is 39.3 Å². The number of rotatable bonds is 7. The quantitative estimate of drug-likeness (QED) is 0.466. The van der Waals surface area contributed by atoms with Gasteiger partial charge in [0.15, 0.2) is 5.82 Å². The van der Waals surface area contributed by atoms with E-state index in [1.54, 1.807) is 7.11 Å². The molecule has 0 fully saturated rings. The second-order valence-electron chi connectivity index (χ2n) is 7.28. The number of aromatic nitrogens is 4. The molecular weight excluding hydrogens is 374 g/mol. The van der Waals surface area contributed by atoms with Crippen LogP contribution in [0.25, 0.3) is 5.69 Å². The summed E-state index contributed by atoms with van der Waals surface area (Å²) in [5, 5.41) is 12.8. The van der Waals surface area contributed by atoms with Gasteiger partial charge in [-0.3, -0.25) is 4.90 Å². The van der Waals surface area contributed by atoms with E-state index in [-0.39, 0.29) is 6.04 Å². The summed E-state index contributed by atoms with van der Waals surface area (Å²) in [6, 6.07) is 26.4. The first kappa shape index (κ1) is 19.8. The van der Waals surface area contributed by atoms with Gasteiger partial charge < -0.3 is 4.74 Å². The normalized spacial score (nSPS) is 12.1. The van der Waals surface area contributed by atoms with Crippen molar-refractivity contribution in [2.45, 2.75) is 19.5 Å². The molecule has 0 aliphatic rings. The van der Waals surface area contributed by atoms with E-state index in [0.29, 0.717) is 6.54 Å². The molecule has 0 spiro atoms. The highest BCUT2D eigenvalue weighted by atomic mass is 16.5. The SMILES string of the molecule is COc1ccccc1CN(C)C(c1ccccc1)c1nnnn1-c1ccccc1C. The van der Waals surface area contributed by atoms with Crippen molar-refractivity contribution in [2.24, 2.45) is 0 Å². The van der Waals surface area contributed by atoms with Gasteiger partial charge >= 0.3 is 0 Å². The minimum Gasteiger partial charge on any atom is -0.496 e. The largest absolute Gasteiger partial charge is 0.496 e. The summed E-state index contributed by atoms with van der Waals surface area (Å²) in [5.74, 6) is 1.64. The number of methoxy groups -OCH3 is 1. The van der Waals surface area contributed by atoms with E-state index in [4.69, 9.17) is 4.74 Å². The molecule has 30 heavy (non-hydrogen) atoms. The monoisotopic (exact) mass is 399 g/mol.